The van der Waals surface area contributed by atoms with Crippen molar-refractivity contribution in [1.82, 2.24) is 19.6 Å². The molecule has 2 atom stereocenters. The first-order valence-corrected chi connectivity index (χ1v) is 8.05. The summed E-state index contributed by atoms with van der Waals surface area (Å²) < 4.78 is 1.85. The topological polar surface area (TPSA) is 49.6 Å². The number of hydrogen-bond donors (Lipinski definition) is 0. The quantitative estimate of drug-likeness (QED) is 0.724. The molecule has 1 aromatic carbocycles. The lowest BCUT2D eigenvalue weighted by Gasteiger charge is -2.37. The van der Waals surface area contributed by atoms with Gasteiger partial charge in [0.25, 0.3) is 5.78 Å². The number of para-hydroxylation sites is 1. The Labute approximate surface area is 134 Å². The van der Waals surface area contributed by atoms with Crippen LogP contribution in [0.3, 0.4) is 0 Å². The summed E-state index contributed by atoms with van der Waals surface area (Å²) in [5.41, 5.74) is 2.73. The van der Waals surface area contributed by atoms with Crippen molar-refractivity contribution in [3.05, 3.63) is 48.4 Å². The molecule has 3 aromatic rings. The van der Waals surface area contributed by atoms with Crippen molar-refractivity contribution in [1.29, 1.82) is 0 Å². The minimum atomic E-state index is 0.523. The number of rotatable bonds is 2. The zero-order chi connectivity index (χ0) is 15.4. The van der Waals surface area contributed by atoms with E-state index in [2.05, 4.69) is 56.1 Å². The number of nitrogens with zero attached hydrogens (tertiary/aromatic N) is 6. The van der Waals surface area contributed by atoms with Crippen molar-refractivity contribution >= 4 is 17.3 Å². The summed E-state index contributed by atoms with van der Waals surface area (Å²) in [6.45, 7) is 4.28. The Morgan fingerprint density at radius 3 is 2.65 bits per heavy atom. The largest absolute Gasteiger partial charge is 0.364 e. The average molecular weight is 306 g/mol. The Hall–Kier alpha value is -2.63. The lowest BCUT2D eigenvalue weighted by Crippen LogP contribution is -2.47. The predicted octanol–water partition coefficient (Wildman–Crippen LogP) is 1.90. The highest BCUT2D eigenvalue weighted by atomic mass is 15.4. The van der Waals surface area contributed by atoms with Crippen LogP contribution in [0.5, 0.6) is 0 Å². The third kappa shape index (κ3) is 1.84. The van der Waals surface area contributed by atoms with E-state index in [0.29, 0.717) is 17.9 Å². The maximum atomic E-state index is 4.33. The Bertz CT molecular complexity index is 872. The van der Waals surface area contributed by atoms with Gasteiger partial charge in [-0.3, -0.25) is 0 Å². The number of aromatic nitrogens is 4. The first-order chi connectivity index (χ1) is 11.3. The van der Waals surface area contributed by atoms with E-state index in [4.69, 9.17) is 0 Å². The van der Waals surface area contributed by atoms with E-state index in [1.54, 1.807) is 6.33 Å². The highest BCUT2D eigenvalue weighted by Gasteiger charge is 2.44. The predicted molar refractivity (Wildman–Crippen MR) is 88.8 cm³/mol. The van der Waals surface area contributed by atoms with Crippen molar-refractivity contribution < 1.29 is 0 Å². The summed E-state index contributed by atoms with van der Waals surface area (Å²) >= 11 is 0. The Morgan fingerprint density at radius 2 is 1.83 bits per heavy atom. The van der Waals surface area contributed by atoms with Gasteiger partial charge in [-0.1, -0.05) is 18.2 Å². The van der Waals surface area contributed by atoms with Gasteiger partial charge in [0.2, 0.25) is 0 Å². The molecule has 6 heteroatoms. The molecule has 2 saturated heterocycles. The van der Waals surface area contributed by atoms with Crippen LogP contribution in [-0.4, -0.2) is 44.8 Å². The van der Waals surface area contributed by atoms with Gasteiger partial charge in [-0.25, -0.2) is 4.98 Å². The van der Waals surface area contributed by atoms with E-state index in [1.165, 1.54) is 17.7 Å². The fourth-order valence-corrected chi connectivity index (χ4v) is 4.07. The molecule has 0 radical (unpaired) electrons. The van der Waals surface area contributed by atoms with Crippen LogP contribution in [-0.2, 0) is 0 Å². The summed E-state index contributed by atoms with van der Waals surface area (Å²) in [6, 6.07) is 11.8. The zero-order valence-electron chi connectivity index (χ0n) is 13.0. The molecule has 2 aromatic heterocycles. The molecular weight excluding hydrogens is 288 g/mol. The third-order valence-electron chi connectivity index (χ3n) is 5.12. The number of aryl methyl sites for hydroxylation is 1. The molecule has 2 fully saturated rings. The molecule has 6 nitrogen and oxygen atoms in total. The first kappa shape index (κ1) is 12.9. The lowest BCUT2D eigenvalue weighted by atomic mass is 10.1. The summed E-state index contributed by atoms with van der Waals surface area (Å²) in [7, 11) is 0. The van der Waals surface area contributed by atoms with Crippen LogP contribution in [0.25, 0.3) is 5.78 Å². The molecule has 2 aliphatic heterocycles. The second kappa shape index (κ2) is 4.68. The number of piperazine rings is 1. The highest BCUT2D eigenvalue weighted by molar-refractivity contribution is 5.59. The van der Waals surface area contributed by atoms with Gasteiger partial charge in [0.05, 0.1) is 6.04 Å². The van der Waals surface area contributed by atoms with Gasteiger partial charge in [0.15, 0.2) is 0 Å². The number of anilines is 2. The molecular formula is C17H18N6. The Balaban J connectivity index is 1.47. The van der Waals surface area contributed by atoms with Gasteiger partial charge in [-0.2, -0.15) is 14.6 Å². The second-order valence-electron chi connectivity index (χ2n) is 6.41. The van der Waals surface area contributed by atoms with Crippen molar-refractivity contribution in [2.45, 2.75) is 25.4 Å². The third-order valence-corrected chi connectivity index (χ3v) is 5.12. The SMILES string of the molecule is Cc1ccccc1N1C[C@@H]2C[C@@H]1CN2c1ccnc2ncnn12. The standard InChI is InChI=1S/C17H18N6/c1-12-4-2-3-5-15(12)21-9-14-8-13(21)10-22(14)16-6-7-18-17-19-11-20-23(16)17/h2-7,11,13-14H,8-10H2,1H3/t13-,14+/m1/s1. The van der Waals surface area contributed by atoms with E-state index in [1.807, 2.05) is 16.8 Å². The average Bonchev–Trinajstić information content (AvgIpc) is 3.29. The van der Waals surface area contributed by atoms with E-state index in [0.717, 1.165) is 18.9 Å². The van der Waals surface area contributed by atoms with Crippen molar-refractivity contribution in [3.8, 4) is 0 Å². The molecule has 2 bridgehead atoms. The molecule has 5 rings (SSSR count). The van der Waals surface area contributed by atoms with Gasteiger partial charge in [0.1, 0.15) is 12.1 Å². The Kier molecular flexibility index (Phi) is 2.62. The van der Waals surface area contributed by atoms with Crippen LogP contribution in [0.1, 0.15) is 12.0 Å². The van der Waals surface area contributed by atoms with Crippen LogP contribution >= 0.6 is 0 Å². The normalized spacial score (nSPS) is 23.2. The van der Waals surface area contributed by atoms with Gasteiger partial charge >= 0.3 is 0 Å². The van der Waals surface area contributed by atoms with Gasteiger partial charge in [-0.05, 0) is 31.0 Å². The second-order valence-corrected chi connectivity index (χ2v) is 6.41. The molecule has 4 heterocycles. The van der Waals surface area contributed by atoms with Gasteiger partial charge in [-0.15, -0.1) is 0 Å². The summed E-state index contributed by atoms with van der Waals surface area (Å²) in [5, 5.41) is 4.33. The number of fused-ring (bicyclic) bond motifs is 3. The molecule has 2 aliphatic rings. The van der Waals surface area contributed by atoms with Crippen molar-refractivity contribution in [3.63, 3.8) is 0 Å². The minimum Gasteiger partial charge on any atom is -0.364 e. The van der Waals surface area contributed by atoms with Crippen molar-refractivity contribution in [2.24, 2.45) is 0 Å². The molecule has 0 unspecified atom stereocenters. The van der Waals surface area contributed by atoms with Crippen LogP contribution in [0, 0.1) is 6.92 Å². The monoisotopic (exact) mass is 306 g/mol. The minimum absolute atomic E-state index is 0.523. The first-order valence-electron chi connectivity index (χ1n) is 8.05. The van der Waals surface area contributed by atoms with Crippen LogP contribution < -0.4 is 9.80 Å². The summed E-state index contributed by atoms with van der Waals surface area (Å²) in [6.07, 6.45) is 4.59. The van der Waals surface area contributed by atoms with E-state index >= 15 is 0 Å². The van der Waals surface area contributed by atoms with E-state index < -0.39 is 0 Å². The Morgan fingerprint density at radius 1 is 1.00 bits per heavy atom. The smallest absolute Gasteiger partial charge is 0.254 e. The molecule has 0 N–H and O–H groups in total. The summed E-state index contributed by atoms with van der Waals surface area (Å²) in [5.74, 6) is 1.77. The summed E-state index contributed by atoms with van der Waals surface area (Å²) in [4.78, 5) is 13.5. The zero-order valence-corrected chi connectivity index (χ0v) is 13.0. The highest BCUT2D eigenvalue weighted by Crippen LogP contribution is 2.38. The van der Waals surface area contributed by atoms with Crippen molar-refractivity contribution in [2.75, 3.05) is 22.9 Å². The molecule has 0 aliphatic carbocycles. The fourth-order valence-electron chi connectivity index (χ4n) is 4.07. The number of hydrogen-bond acceptors (Lipinski definition) is 5. The van der Waals surface area contributed by atoms with Crippen LogP contribution in [0.4, 0.5) is 11.5 Å². The fraction of sp³-hybridized carbons (Fsp3) is 0.353. The van der Waals surface area contributed by atoms with Crippen LogP contribution in [0.15, 0.2) is 42.9 Å². The molecule has 23 heavy (non-hydrogen) atoms. The molecule has 0 amide bonds. The maximum absolute atomic E-state index is 4.33. The molecule has 0 saturated carbocycles. The van der Waals surface area contributed by atoms with Crippen LogP contribution in [0.2, 0.25) is 0 Å². The molecule has 116 valence electrons. The van der Waals surface area contributed by atoms with E-state index in [-0.39, 0.29) is 0 Å². The lowest BCUT2D eigenvalue weighted by molar-refractivity contribution is 0.631. The number of benzene rings is 1. The van der Waals surface area contributed by atoms with Gasteiger partial charge in [0, 0.05) is 31.0 Å². The maximum Gasteiger partial charge on any atom is 0.254 e. The van der Waals surface area contributed by atoms with E-state index in [9.17, 15) is 0 Å². The van der Waals surface area contributed by atoms with Gasteiger partial charge < -0.3 is 9.80 Å². The molecule has 0 spiro atoms.